The van der Waals surface area contributed by atoms with Gasteiger partial charge < -0.3 is 16.6 Å². The second-order valence-corrected chi connectivity index (χ2v) is 2.77. The summed E-state index contributed by atoms with van der Waals surface area (Å²) in [5.41, 5.74) is 9.32. The van der Waals surface area contributed by atoms with E-state index >= 15 is 0 Å². The predicted octanol–water partition coefficient (Wildman–Crippen LogP) is 0.758. The summed E-state index contributed by atoms with van der Waals surface area (Å²) in [6.07, 6.45) is -2.90. The molecule has 0 unspecified atom stereocenters. The molecule has 0 aliphatic carbocycles. The number of carboxylic acid groups (broad SMARTS) is 1. The van der Waals surface area contributed by atoms with Crippen LogP contribution >= 0.6 is 0 Å². The van der Waals surface area contributed by atoms with E-state index in [4.69, 9.17) is 16.6 Å². The molecule has 0 aromatic carbocycles. The molecular weight excluding hydrogens is 208 g/mol. The molecule has 0 fully saturated rings. The van der Waals surface area contributed by atoms with Gasteiger partial charge in [-0.25, -0.2) is 18.6 Å². The van der Waals surface area contributed by atoms with E-state index in [-0.39, 0.29) is 17.8 Å². The van der Waals surface area contributed by atoms with Gasteiger partial charge in [-0.3, -0.25) is 0 Å². The molecule has 0 aliphatic rings. The van der Waals surface area contributed by atoms with Crippen molar-refractivity contribution in [1.82, 2.24) is 4.98 Å². The molecule has 1 aromatic heterocycles. The van der Waals surface area contributed by atoms with Gasteiger partial charge in [0.2, 0.25) is 0 Å². The minimum absolute atomic E-state index is 0.0185. The third kappa shape index (κ3) is 2.18. The van der Waals surface area contributed by atoms with E-state index in [9.17, 15) is 13.6 Å². The predicted molar refractivity (Wildman–Crippen MR) is 48.5 cm³/mol. The number of halogens is 2. The zero-order valence-electron chi connectivity index (χ0n) is 7.58. The minimum Gasteiger partial charge on any atom is -0.477 e. The molecule has 0 bridgehead atoms. The summed E-state index contributed by atoms with van der Waals surface area (Å²) in [7, 11) is 0. The maximum atomic E-state index is 12.5. The SMILES string of the molecule is NCc1c(N)cc(C(=O)O)nc1C(F)F. The highest BCUT2D eigenvalue weighted by atomic mass is 19.3. The van der Waals surface area contributed by atoms with Crippen molar-refractivity contribution >= 4 is 11.7 Å². The van der Waals surface area contributed by atoms with Crippen LogP contribution in [-0.4, -0.2) is 16.1 Å². The molecule has 1 heterocycles. The second kappa shape index (κ2) is 4.18. The Morgan fingerprint density at radius 1 is 1.60 bits per heavy atom. The molecule has 0 atom stereocenters. The van der Waals surface area contributed by atoms with Crippen LogP contribution in [0.1, 0.15) is 28.2 Å². The Morgan fingerprint density at radius 3 is 2.60 bits per heavy atom. The van der Waals surface area contributed by atoms with E-state index in [1.54, 1.807) is 0 Å². The molecule has 7 heteroatoms. The maximum Gasteiger partial charge on any atom is 0.354 e. The highest BCUT2D eigenvalue weighted by Gasteiger charge is 2.19. The van der Waals surface area contributed by atoms with Crippen molar-refractivity contribution in [3.05, 3.63) is 23.0 Å². The number of hydrogen-bond donors (Lipinski definition) is 3. The number of carboxylic acids is 1. The second-order valence-electron chi connectivity index (χ2n) is 2.77. The van der Waals surface area contributed by atoms with Crippen molar-refractivity contribution < 1.29 is 18.7 Å². The quantitative estimate of drug-likeness (QED) is 0.693. The summed E-state index contributed by atoms with van der Waals surface area (Å²) in [4.78, 5) is 13.8. The molecule has 0 aliphatic heterocycles. The fourth-order valence-electron chi connectivity index (χ4n) is 1.12. The first-order valence-electron chi connectivity index (χ1n) is 3.98. The molecule has 1 aromatic rings. The lowest BCUT2D eigenvalue weighted by atomic mass is 10.1. The van der Waals surface area contributed by atoms with Crippen LogP contribution in [0, 0.1) is 0 Å². The number of aromatic nitrogens is 1. The van der Waals surface area contributed by atoms with Crippen LogP contribution in [0.5, 0.6) is 0 Å². The summed E-state index contributed by atoms with van der Waals surface area (Å²) in [5, 5.41) is 8.58. The van der Waals surface area contributed by atoms with Gasteiger partial charge in [-0.05, 0) is 6.07 Å². The Bertz CT molecular complexity index is 396. The Hall–Kier alpha value is -1.76. The number of nitrogen functional groups attached to an aromatic ring is 1. The Kier molecular flexibility index (Phi) is 3.15. The van der Waals surface area contributed by atoms with Crippen LogP contribution in [-0.2, 0) is 6.54 Å². The molecule has 0 radical (unpaired) electrons. The lowest BCUT2D eigenvalue weighted by molar-refractivity contribution is 0.0688. The Morgan fingerprint density at radius 2 is 2.20 bits per heavy atom. The van der Waals surface area contributed by atoms with Gasteiger partial charge >= 0.3 is 5.97 Å². The van der Waals surface area contributed by atoms with Gasteiger partial charge in [-0.15, -0.1) is 0 Å². The third-order valence-electron chi connectivity index (χ3n) is 1.82. The van der Waals surface area contributed by atoms with E-state index in [0.717, 1.165) is 6.07 Å². The monoisotopic (exact) mass is 217 g/mol. The summed E-state index contributed by atoms with van der Waals surface area (Å²) >= 11 is 0. The smallest absolute Gasteiger partial charge is 0.354 e. The number of anilines is 1. The lowest BCUT2D eigenvalue weighted by Crippen LogP contribution is -2.12. The maximum absolute atomic E-state index is 12.5. The lowest BCUT2D eigenvalue weighted by Gasteiger charge is -2.09. The van der Waals surface area contributed by atoms with Gasteiger partial charge in [0.25, 0.3) is 6.43 Å². The van der Waals surface area contributed by atoms with Crippen LogP contribution in [0.4, 0.5) is 14.5 Å². The zero-order chi connectivity index (χ0) is 11.6. The number of alkyl halides is 2. The number of nitrogens with two attached hydrogens (primary N) is 2. The van der Waals surface area contributed by atoms with Crippen molar-refractivity contribution in [3.8, 4) is 0 Å². The summed E-state index contributed by atoms with van der Waals surface area (Å²) in [6, 6.07) is 1.01. The topological polar surface area (TPSA) is 102 Å². The molecule has 1 rings (SSSR count). The van der Waals surface area contributed by atoms with Crippen LogP contribution in [0.2, 0.25) is 0 Å². The van der Waals surface area contributed by atoms with Gasteiger partial charge in [-0.2, -0.15) is 0 Å². The van der Waals surface area contributed by atoms with Crippen molar-refractivity contribution in [2.75, 3.05) is 5.73 Å². The molecule has 0 spiro atoms. The fraction of sp³-hybridized carbons (Fsp3) is 0.250. The van der Waals surface area contributed by atoms with E-state index < -0.39 is 23.8 Å². The fourth-order valence-corrected chi connectivity index (χ4v) is 1.12. The Balaban J connectivity index is 3.38. The van der Waals surface area contributed by atoms with Gasteiger partial charge in [0, 0.05) is 17.8 Å². The normalized spacial score (nSPS) is 10.7. The molecule has 0 amide bonds. The molecular formula is C8H9F2N3O2. The number of aromatic carboxylic acids is 1. The molecule has 0 saturated heterocycles. The van der Waals surface area contributed by atoms with Crippen LogP contribution in [0.3, 0.4) is 0 Å². The molecule has 0 saturated carbocycles. The van der Waals surface area contributed by atoms with E-state index in [2.05, 4.69) is 4.98 Å². The summed E-state index contributed by atoms with van der Waals surface area (Å²) < 4.78 is 24.9. The number of rotatable bonds is 3. The average Bonchev–Trinajstić information content (AvgIpc) is 2.16. The van der Waals surface area contributed by atoms with E-state index in [1.807, 2.05) is 0 Å². The summed E-state index contributed by atoms with van der Waals surface area (Å²) in [5.74, 6) is -1.41. The first-order valence-corrected chi connectivity index (χ1v) is 3.98. The van der Waals surface area contributed by atoms with Crippen LogP contribution in [0.15, 0.2) is 6.07 Å². The number of nitrogens with zero attached hydrogens (tertiary/aromatic N) is 1. The highest BCUT2D eigenvalue weighted by Crippen LogP contribution is 2.25. The standard InChI is InChI=1S/C8H9F2N3O2/c9-7(10)6-3(2-11)4(12)1-5(13-6)8(14)15/h1,7H,2,11H2,(H2,12,13)(H,14,15). The zero-order valence-corrected chi connectivity index (χ0v) is 7.58. The van der Waals surface area contributed by atoms with Crippen molar-refractivity contribution in [1.29, 1.82) is 0 Å². The number of pyridine rings is 1. The third-order valence-corrected chi connectivity index (χ3v) is 1.82. The number of hydrogen-bond acceptors (Lipinski definition) is 4. The number of carbonyl (C=O) groups is 1. The average molecular weight is 217 g/mol. The van der Waals surface area contributed by atoms with Crippen molar-refractivity contribution in [2.24, 2.45) is 5.73 Å². The Labute approximate surface area is 83.7 Å². The minimum atomic E-state index is -2.90. The molecule has 82 valence electrons. The highest BCUT2D eigenvalue weighted by molar-refractivity contribution is 5.86. The van der Waals surface area contributed by atoms with Gasteiger partial charge in [-0.1, -0.05) is 0 Å². The van der Waals surface area contributed by atoms with Gasteiger partial charge in [0.05, 0.1) is 0 Å². The molecule has 5 N–H and O–H groups in total. The van der Waals surface area contributed by atoms with E-state index in [0.29, 0.717) is 0 Å². The van der Waals surface area contributed by atoms with E-state index in [1.165, 1.54) is 0 Å². The molecule has 15 heavy (non-hydrogen) atoms. The van der Waals surface area contributed by atoms with Crippen LogP contribution < -0.4 is 11.5 Å². The van der Waals surface area contributed by atoms with Crippen molar-refractivity contribution in [2.45, 2.75) is 13.0 Å². The van der Waals surface area contributed by atoms with Gasteiger partial charge in [0.1, 0.15) is 5.69 Å². The first kappa shape index (κ1) is 11.3. The first-order chi connectivity index (χ1) is 6.97. The van der Waals surface area contributed by atoms with Crippen molar-refractivity contribution in [3.63, 3.8) is 0 Å². The summed E-state index contributed by atoms with van der Waals surface area (Å²) in [6.45, 7) is -0.210. The van der Waals surface area contributed by atoms with Gasteiger partial charge in [0.15, 0.2) is 5.69 Å². The van der Waals surface area contributed by atoms with Crippen LogP contribution in [0.25, 0.3) is 0 Å². The molecule has 5 nitrogen and oxygen atoms in total. The largest absolute Gasteiger partial charge is 0.477 e.